The van der Waals surface area contributed by atoms with Gasteiger partial charge in [-0.1, -0.05) is 26.0 Å². The second-order valence-electron chi connectivity index (χ2n) is 7.13. The van der Waals surface area contributed by atoms with Crippen molar-refractivity contribution in [2.24, 2.45) is 0 Å². The molecule has 0 aliphatic carbocycles. The van der Waals surface area contributed by atoms with Crippen LogP contribution in [0.2, 0.25) is 0 Å². The van der Waals surface area contributed by atoms with Crippen LogP contribution in [-0.4, -0.2) is 63.1 Å². The van der Waals surface area contributed by atoms with Crippen molar-refractivity contribution < 1.29 is 19.1 Å². The van der Waals surface area contributed by atoms with E-state index in [1.165, 1.54) is 11.9 Å². The number of aromatic nitrogens is 4. The Morgan fingerprint density at radius 3 is 2.58 bits per heavy atom. The van der Waals surface area contributed by atoms with Crippen molar-refractivity contribution in [1.82, 2.24) is 24.9 Å². The van der Waals surface area contributed by atoms with Crippen LogP contribution >= 0.6 is 0 Å². The number of pyridine rings is 1. The summed E-state index contributed by atoms with van der Waals surface area (Å²) >= 11 is 0. The highest BCUT2D eigenvalue weighted by atomic mass is 16.5. The molecule has 1 aliphatic rings. The van der Waals surface area contributed by atoms with E-state index in [-0.39, 0.29) is 17.9 Å². The lowest BCUT2D eigenvalue weighted by molar-refractivity contribution is 0.0497. The van der Waals surface area contributed by atoms with Gasteiger partial charge in [0.1, 0.15) is 17.4 Å². The molecule has 0 radical (unpaired) electrons. The van der Waals surface area contributed by atoms with E-state index in [0.717, 1.165) is 12.8 Å². The largest absolute Gasteiger partial charge is 0.472 e. The van der Waals surface area contributed by atoms with Crippen LogP contribution in [-0.2, 0) is 4.74 Å². The minimum absolute atomic E-state index is 0.170. The maximum atomic E-state index is 13.3. The number of likely N-dealkylation sites (tertiary alicyclic amines) is 1. The van der Waals surface area contributed by atoms with Crippen LogP contribution in [0, 0.1) is 19.1 Å². The maximum absolute atomic E-state index is 13.3. The number of piperidine rings is 1. The Balaban J connectivity index is 0.00000149. The van der Waals surface area contributed by atoms with Gasteiger partial charge in [-0.25, -0.2) is 9.78 Å². The number of nitrogens with zero attached hydrogens (tertiary/aromatic N) is 5. The summed E-state index contributed by atoms with van der Waals surface area (Å²) in [6.45, 7) is 6.75. The van der Waals surface area contributed by atoms with Gasteiger partial charge < -0.3 is 14.4 Å². The third kappa shape index (κ3) is 5.29. The maximum Gasteiger partial charge on any atom is 0.343 e. The molecule has 2 aromatic heterocycles. The first-order valence-corrected chi connectivity index (χ1v) is 10.9. The van der Waals surface area contributed by atoms with Gasteiger partial charge in [-0.2, -0.15) is 15.0 Å². The molecule has 1 amide bonds. The van der Waals surface area contributed by atoms with Crippen molar-refractivity contribution in [3.8, 4) is 11.6 Å². The Morgan fingerprint density at radius 2 is 1.85 bits per heavy atom. The number of hydrogen-bond acceptors (Lipinski definition) is 7. The number of methoxy groups -OCH3 is 1. The fraction of sp³-hybridized carbons (Fsp3) is 0.375. The number of aryl methyl sites for hydroxylation is 1. The summed E-state index contributed by atoms with van der Waals surface area (Å²) in [6, 6.07) is 10.6. The first-order valence-electron chi connectivity index (χ1n) is 10.9. The highest BCUT2D eigenvalue weighted by molar-refractivity contribution is 5.97. The number of rotatable bonds is 5. The SMILES string of the molecule is CC.COC(=O)c1c(C)ccnc1O[C@@H]1CCCN(C(=O)c2cc#ccc2-n2nccn2)C1. The quantitative estimate of drug-likeness (QED) is 0.552. The summed E-state index contributed by atoms with van der Waals surface area (Å²) in [7, 11) is 1.32. The van der Waals surface area contributed by atoms with Gasteiger partial charge in [0.25, 0.3) is 5.91 Å². The predicted octanol–water partition coefficient (Wildman–Crippen LogP) is 3.07. The smallest absolute Gasteiger partial charge is 0.343 e. The number of ether oxygens (including phenoxy) is 2. The van der Waals surface area contributed by atoms with Crippen LogP contribution in [0.1, 0.15) is 53.0 Å². The molecule has 0 unspecified atom stereocenters. The zero-order chi connectivity index (χ0) is 23.8. The molecule has 3 heterocycles. The zero-order valence-electron chi connectivity index (χ0n) is 19.2. The molecule has 1 aliphatic heterocycles. The fourth-order valence-corrected chi connectivity index (χ4v) is 3.57. The van der Waals surface area contributed by atoms with Gasteiger partial charge in [-0.3, -0.25) is 4.79 Å². The van der Waals surface area contributed by atoms with Crippen LogP contribution in [0.15, 0.2) is 36.8 Å². The molecule has 1 aromatic carbocycles. The van der Waals surface area contributed by atoms with E-state index in [0.29, 0.717) is 35.5 Å². The number of amides is 1. The third-order valence-electron chi connectivity index (χ3n) is 5.11. The van der Waals surface area contributed by atoms with Crippen molar-refractivity contribution in [2.45, 2.75) is 39.7 Å². The van der Waals surface area contributed by atoms with Gasteiger partial charge in [-0.15, -0.1) is 0 Å². The highest BCUT2D eigenvalue weighted by Crippen LogP contribution is 2.25. The summed E-state index contributed by atoms with van der Waals surface area (Å²) < 4.78 is 10.9. The molecule has 0 saturated carbocycles. The molecule has 9 nitrogen and oxygen atoms in total. The van der Waals surface area contributed by atoms with E-state index in [4.69, 9.17) is 9.47 Å². The molecule has 1 saturated heterocycles. The van der Waals surface area contributed by atoms with Crippen LogP contribution in [0.25, 0.3) is 5.69 Å². The fourth-order valence-electron chi connectivity index (χ4n) is 3.57. The van der Waals surface area contributed by atoms with E-state index in [1.807, 2.05) is 13.8 Å². The number of carbonyl (C=O) groups excluding carboxylic acids is 2. The Morgan fingerprint density at radius 1 is 1.12 bits per heavy atom. The molecule has 1 fully saturated rings. The number of hydrogen-bond donors (Lipinski definition) is 0. The van der Waals surface area contributed by atoms with Crippen molar-refractivity contribution in [2.75, 3.05) is 20.2 Å². The first-order chi connectivity index (χ1) is 16.1. The minimum Gasteiger partial charge on any atom is -0.472 e. The van der Waals surface area contributed by atoms with Gasteiger partial charge in [0, 0.05) is 24.9 Å². The van der Waals surface area contributed by atoms with E-state index in [1.54, 1.807) is 48.6 Å². The van der Waals surface area contributed by atoms with Crippen LogP contribution in [0.3, 0.4) is 0 Å². The average Bonchev–Trinajstić information content (AvgIpc) is 3.40. The molecule has 33 heavy (non-hydrogen) atoms. The molecule has 172 valence electrons. The lowest BCUT2D eigenvalue weighted by Crippen LogP contribution is -2.44. The molecule has 0 bridgehead atoms. The first kappa shape index (κ1) is 23.7. The summed E-state index contributed by atoms with van der Waals surface area (Å²) in [5, 5.41) is 8.22. The van der Waals surface area contributed by atoms with Gasteiger partial charge >= 0.3 is 5.97 Å². The third-order valence-corrected chi connectivity index (χ3v) is 5.11. The Hall–Kier alpha value is -3.93. The molecule has 9 heteroatoms. The van der Waals surface area contributed by atoms with Gasteiger partial charge in [0.2, 0.25) is 5.88 Å². The lowest BCUT2D eigenvalue weighted by Gasteiger charge is -2.33. The van der Waals surface area contributed by atoms with Crippen LogP contribution in [0.4, 0.5) is 0 Å². The number of carbonyl (C=O) groups is 2. The van der Waals surface area contributed by atoms with Crippen LogP contribution < -0.4 is 4.74 Å². The van der Waals surface area contributed by atoms with E-state index in [2.05, 4.69) is 27.3 Å². The van der Waals surface area contributed by atoms with Gasteiger partial charge in [0.05, 0.1) is 31.6 Å². The average molecular weight is 450 g/mol. The Bertz CT molecular complexity index is 1080. The normalized spacial score (nSPS) is 15.0. The minimum atomic E-state index is -0.503. The zero-order valence-corrected chi connectivity index (χ0v) is 19.2. The Kier molecular flexibility index (Phi) is 7.97. The topological polar surface area (TPSA) is 99.4 Å². The van der Waals surface area contributed by atoms with E-state index in [9.17, 15) is 9.59 Å². The van der Waals surface area contributed by atoms with Crippen LogP contribution in [0.5, 0.6) is 5.88 Å². The summed E-state index contributed by atoms with van der Waals surface area (Å²) in [4.78, 5) is 32.8. The molecule has 3 aromatic rings. The van der Waals surface area contributed by atoms with Gasteiger partial charge in [0.15, 0.2) is 0 Å². The molecular formula is C24H27N5O4. The van der Waals surface area contributed by atoms with Crippen molar-refractivity contribution in [1.29, 1.82) is 0 Å². The second kappa shape index (κ2) is 11.1. The molecular weight excluding hydrogens is 422 g/mol. The summed E-state index contributed by atoms with van der Waals surface area (Å²) in [6.07, 6.45) is 5.87. The highest BCUT2D eigenvalue weighted by Gasteiger charge is 2.29. The predicted molar refractivity (Wildman–Crippen MR) is 120 cm³/mol. The van der Waals surface area contributed by atoms with E-state index < -0.39 is 5.97 Å². The Labute approximate surface area is 193 Å². The number of esters is 1. The standard InChI is InChI=1S/C22H21N5O4.C2H6/c1-15-9-10-23-20(19(15)22(29)30-2)31-16-6-5-13-26(14-16)21(28)17-7-3-4-8-18(17)27-24-11-12-25-27;1-2/h7-12,16H,5-6,13-14H2,1-2H3;1-2H3/t16-;/m1./s1. The molecule has 4 rings (SSSR count). The lowest BCUT2D eigenvalue weighted by atomic mass is 10.1. The molecule has 0 N–H and O–H groups in total. The molecule has 1 atom stereocenters. The van der Waals surface area contributed by atoms with Crippen molar-refractivity contribution in [3.05, 3.63) is 65.6 Å². The van der Waals surface area contributed by atoms with Gasteiger partial charge in [-0.05, 0) is 31.4 Å². The monoisotopic (exact) mass is 449 g/mol. The van der Waals surface area contributed by atoms with Crippen molar-refractivity contribution >= 4 is 11.9 Å². The van der Waals surface area contributed by atoms with E-state index >= 15 is 0 Å². The van der Waals surface area contributed by atoms with Crippen molar-refractivity contribution in [3.63, 3.8) is 0 Å². The second-order valence-corrected chi connectivity index (χ2v) is 7.13. The molecule has 0 spiro atoms. The summed E-state index contributed by atoms with van der Waals surface area (Å²) in [5.41, 5.74) is 1.98. The summed E-state index contributed by atoms with van der Waals surface area (Å²) in [5.74, 6) is -0.455.